The maximum atomic E-state index is 12.5. The molecule has 1 aromatic heterocycles. The van der Waals surface area contributed by atoms with Crippen LogP contribution in [0.3, 0.4) is 0 Å². The van der Waals surface area contributed by atoms with E-state index in [0.29, 0.717) is 33.9 Å². The molecule has 0 saturated heterocycles. The van der Waals surface area contributed by atoms with E-state index in [1.807, 2.05) is 31.2 Å². The van der Waals surface area contributed by atoms with E-state index >= 15 is 0 Å². The minimum Gasteiger partial charge on any atom is -0.461 e. The summed E-state index contributed by atoms with van der Waals surface area (Å²) >= 11 is 1.41. The summed E-state index contributed by atoms with van der Waals surface area (Å²) in [4.78, 5) is 29.0. The molecule has 3 rings (SSSR count). The van der Waals surface area contributed by atoms with Crippen molar-refractivity contribution in [2.75, 3.05) is 12.4 Å². The third-order valence-corrected chi connectivity index (χ3v) is 4.64. The maximum absolute atomic E-state index is 12.5. The third kappa shape index (κ3) is 3.91. The van der Waals surface area contributed by atoms with Gasteiger partial charge in [0.2, 0.25) is 0 Å². The van der Waals surface area contributed by atoms with Crippen LogP contribution in [0.2, 0.25) is 0 Å². The number of hydrogen-bond donors (Lipinski definition) is 0. The molecule has 1 heterocycles. The highest BCUT2D eigenvalue weighted by Gasteiger charge is 2.11. The molecule has 5 nitrogen and oxygen atoms in total. The van der Waals surface area contributed by atoms with Gasteiger partial charge in [0.25, 0.3) is 5.56 Å². The average molecular weight is 354 g/mol. The molecule has 0 aliphatic heterocycles. The van der Waals surface area contributed by atoms with Crippen LogP contribution in [0.4, 0.5) is 0 Å². The molecule has 3 aromatic rings. The van der Waals surface area contributed by atoms with E-state index in [1.54, 1.807) is 34.9 Å². The Bertz CT molecular complexity index is 938. The highest BCUT2D eigenvalue weighted by molar-refractivity contribution is 7.99. The Morgan fingerprint density at radius 3 is 2.60 bits per heavy atom. The smallest absolute Gasteiger partial charge is 0.338 e. The highest BCUT2D eigenvalue weighted by Crippen LogP contribution is 2.17. The van der Waals surface area contributed by atoms with Crippen molar-refractivity contribution in [1.29, 1.82) is 0 Å². The molecule has 0 spiro atoms. The van der Waals surface area contributed by atoms with Gasteiger partial charge >= 0.3 is 5.97 Å². The fourth-order valence-electron chi connectivity index (χ4n) is 2.46. The molecule has 0 amide bonds. The number of fused-ring (bicyclic) bond motifs is 1. The summed E-state index contributed by atoms with van der Waals surface area (Å²) in [5, 5.41) is 1.26. The molecule has 0 aliphatic carbocycles. The van der Waals surface area contributed by atoms with Gasteiger partial charge in [-0.1, -0.05) is 42.1 Å². The Kier molecular flexibility index (Phi) is 5.50. The van der Waals surface area contributed by atoms with Gasteiger partial charge in [0.05, 0.1) is 16.5 Å². The van der Waals surface area contributed by atoms with Gasteiger partial charge in [-0.2, -0.15) is 0 Å². The molecular weight excluding hydrogens is 336 g/mol. The van der Waals surface area contributed by atoms with Crippen LogP contribution in [0.15, 0.2) is 64.5 Å². The van der Waals surface area contributed by atoms with Crippen LogP contribution in [0.25, 0.3) is 10.9 Å². The number of thioether (sulfide) groups is 1. The van der Waals surface area contributed by atoms with Crippen LogP contribution >= 0.6 is 11.8 Å². The second-order valence-electron chi connectivity index (χ2n) is 5.31. The predicted octanol–water partition coefficient (Wildman–Crippen LogP) is 3.37. The first-order valence-corrected chi connectivity index (χ1v) is 9.04. The van der Waals surface area contributed by atoms with Gasteiger partial charge in [-0.3, -0.25) is 9.36 Å². The molecule has 0 fully saturated rings. The summed E-state index contributed by atoms with van der Waals surface area (Å²) < 4.78 is 6.91. The Labute approximate surface area is 149 Å². The van der Waals surface area contributed by atoms with Crippen LogP contribution in [0, 0.1) is 0 Å². The number of para-hydroxylation sites is 1. The minimum absolute atomic E-state index is 0.0446. The number of carbonyl (C=O) groups is 1. The first kappa shape index (κ1) is 17.2. The Balaban J connectivity index is 1.67. The molecule has 0 radical (unpaired) electrons. The molecule has 0 unspecified atom stereocenters. The van der Waals surface area contributed by atoms with Gasteiger partial charge < -0.3 is 4.74 Å². The molecular formula is C19H18N2O3S. The number of benzene rings is 2. The zero-order chi connectivity index (χ0) is 17.6. The lowest BCUT2D eigenvalue weighted by atomic mass is 10.2. The van der Waals surface area contributed by atoms with Crippen molar-refractivity contribution < 1.29 is 9.53 Å². The van der Waals surface area contributed by atoms with Crippen LogP contribution in [0.1, 0.15) is 17.3 Å². The van der Waals surface area contributed by atoms with E-state index in [9.17, 15) is 9.59 Å². The minimum atomic E-state index is -0.347. The lowest BCUT2D eigenvalue weighted by molar-refractivity contribution is 0.0530. The van der Waals surface area contributed by atoms with Crippen LogP contribution in [0.5, 0.6) is 0 Å². The Hall–Kier alpha value is -2.60. The molecule has 25 heavy (non-hydrogen) atoms. The van der Waals surface area contributed by atoms with Gasteiger partial charge in [-0.15, -0.1) is 0 Å². The normalized spacial score (nSPS) is 10.8. The highest BCUT2D eigenvalue weighted by atomic mass is 32.2. The van der Waals surface area contributed by atoms with Gasteiger partial charge in [0.15, 0.2) is 5.16 Å². The van der Waals surface area contributed by atoms with E-state index in [4.69, 9.17) is 4.74 Å². The van der Waals surface area contributed by atoms with E-state index in [2.05, 4.69) is 4.98 Å². The zero-order valence-corrected chi connectivity index (χ0v) is 14.7. The molecule has 6 heteroatoms. The fourth-order valence-corrected chi connectivity index (χ4v) is 3.34. The van der Waals surface area contributed by atoms with Gasteiger partial charge in [0.1, 0.15) is 6.61 Å². The summed E-state index contributed by atoms with van der Waals surface area (Å²) in [5.74, 6) is 0.184. The van der Waals surface area contributed by atoms with Gasteiger partial charge in [-0.25, -0.2) is 9.78 Å². The first-order valence-electron chi connectivity index (χ1n) is 8.05. The summed E-state index contributed by atoms with van der Waals surface area (Å²) in [6.07, 6.45) is 0. The molecule has 0 atom stereocenters. The zero-order valence-electron chi connectivity index (χ0n) is 13.8. The maximum Gasteiger partial charge on any atom is 0.338 e. The van der Waals surface area contributed by atoms with Crippen molar-refractivity contribution >= 4 is 28.6 Å². The number of ether oxygens (including phenoxy) is 1. The van der Waals surface area contributed by atoms with Crippen molar-refractivity contribution in [1.82, 2.24) is 9.55 Å². The second kappa shape index (κ2) is 7.98. The first-order chi connectivity index (χ1) is 12.2. The molecule has 0 saturated carbocycles. The topological polar surface area (TPSA) is 61.2 Å². The molecule has 2 aromatic carbocycles. The lowest BCUT2D eigenvalue weighted by Crippen LogP contribution is -2.22. The number of hydrogen-bond acceptors (Lipinski definition) is 5. The van der Waals surface area contributed by atoms with Crippen LogP contribution in [-0.4, -0.2) is 27.9 Å². The number of esters is 1. The van der Waals surface area contributed by atoms with E-state index in [-0.39, 0.29) is 18.1 Å². The van der Waals surface area contributed by atoms with Crippen molar-refractivity contribution in [3.8, 4) is 0 Å². The van der Waals surface area contributed by atoms with Crippen molar-refractivity contribution in [3.63, 3.8) is 0 Å². The molecule has 128 valence electrons. The SMILES string of the molecule is CCn1c(SCCOC(=O)c2ccccc2)nc2ccccc2c1=O. The van der Waals surface area contributed by atoms with Crippen molar-refractivity contribution in [2.24, 2.45) is 0 Å². The van der Waals surface area contributed by atoms with Gasteiger partial charge in [0, 0.05) is 12.3 Å². The summed E-state index contributed by atoms with van der Waals surface area (Å²) in [7, 11) is 0. The summed E-state index contributed by atoms with van der Waals surface area (Å²) in [6.45, 7) is 2.71. The number of nitrogens with zero attached hydrogens (tertiary/aromatic N) is 2. The fraction of sp³-hybridized carbons (Fsp3) is 0.211. The number of rotatable bonds is 6. The standard InChI is InChI=1S/C19H18N2O3S/c1-2-21-17(22)15-10-6-7-11-16(15)20-19(21)25-13-12-24-18(23)14-8-4-3-5-9-14/h3-11H,2,12-13H2,1H3. The molecule has 0 bridgehead atoms. The Morgan fingerprint density at radius 2 is 1.84 bits per heavy atom. The summed E-state index contributed by atoms with van der Waals surface area (Å²) in [6, 6.07) is 16.2. The monoisotopic (exact) mass is 354 g/mol. The van der Waals surface area contributed by atoms with E-state index < -0.39 is 0 Å². The van der Waals surface area contributed by atoms with Crippen molar-refractivity contribution in [2.45, 2.75) is 18.6 Å². The second-order valence-corrected chi connectivity index (χ2v) is 6.37. The van der Waals surface area contributed by atoms with E-state index in [0.717, 1.165) is 0 Å². The van der Waals surface area contributed by atoms with Crippen LogP contribution in [-0.2, 0) is 11.3 Å². The quantitative estimate of drug-likeness (QED) is 0.294. The number of aromatic nitrogens is 2. The Morgan fingerprint density at radius 1 is 1.12 bits per heavy atom. The molecule has 0 N–H and O–H groups in total. The number of carbonyl (C=O) groups excluding carboxylic acids is 1. The van der Waals surface area contributed by atoms with Crippen molar-refractivity contribution in [3.05, 3.63) is 70.5 Å². The largest absolute Gasteiger partial charge is 0.461 e. The van der Waals surface area contributed by atoms with E-state index in [1.165, 1.54) is 11.8 Å². The van der Waals surface area contributed by atoms with Crippen LogP contribution < -0.4 is 5.56 Å². The van der Waals surface area contributed by atoms with Gasteiger partial charge in [-0.05, 0) is 31.2 Å². The molecule has 0 aliphatic rings. The average Bonchev–Trinajstić information content (AvgIpc) is 2.66. The predicted molar refractivity (Wildman–Crippen MR) is 99.1 cm³/mol. The lowest BCUT2D eigenvalue weighted by Gasteiger charge is -2.11. The summed E-state index contributed by atoms with van der Waals surface area (Å²) in [5.41, 5.74) is 1.17. The third-order valence-electron chi connectivity index (χ3n) is 3.70.